The highest BCUT2D eigenvalue weighted by Gasteiger charge is 2.35. The Kier molecular flexibility index (Phi) is 5.47. The molecular weight excluding hydrogens is 301 g/mol. The molecule has 8 heteroatoms. The Balaban J connectivity index is 2.01. The van der Waals surface area contributed by atoms with Gasteiger partial charge in [0, 0.05) is 6.04 Å². The zero-order chi connectivity index (χ0) is 16.2. The van der Waals surface area contributed by atoms with Crippen LogP contribution in [0.25, 0.3) is 0 Å². The first-order chi connectivity index (χ1) is 10.4. The number of carbonyl (C=O) groups excluding carboxylic acids is 1. The number of furan rings is 1. The molecule has 1 aromatic rings. The lowest BCUT2D eigenvalue weighted by atomic mass is 10.2. The zero-order valence-electron chi connectivity index (χ0n) is 12.1. The van der Waals surface area contributed by atoms with Gasteiger partial charge in [-0.15, -0.1) is 0 Å². The van der Waals surface area contributed by atoms with Gasteiger partial charge >= 0.3 is 6.18 Å². The fourth-order valence-electron chi connectivity index (χ4n) is 2.62. The molecule has 1 atom stereocenters. The number of hydrogen-bond donors (Lipinski definition) is 1. The standard InChI is InChI=1S/C14H19F3N2O3/c15-14(16,17)10-19(7-12-4-2-6-22-12)13(21)8-18-5-1-3-11(18)9-20/h2,4,6,11,20H,1,3,5,7-10H2. The number of halogens is 3. The second-order valence-corrected chi connectivity index (χ2v) is 5.39. The lowest BCUT2D eigenvalue weighted by Crippen LogP contribution is -2.45. The van der Waals surface area contributed by atoms with Gasteiger partial charge in [-0.1, -0.05) is 0 Å². The minimum atomic E-state index is -4.47. The van der Waals surface area contributed by atoms with E-state index in [1.54, 1.807) is 11.0 Å². The molecule has 1 aliphatic heterocycles. The number of nitrogens with zero attached hydrogens (tertiary/aromatic N) is 2. The Morgan fingerprint density at radius 3 is 2.86 bits per heavy atom. The van der Waals surface area contributed by atoms with Gasteiger partial charge in [0.15, 0.2) is 0 Å². The smallest absolute Gasteiger partial charge is 0.406 e. The molecule has 1 saturated heterocycles. The van der Waals surface area contributed by atoms with Crippen LogP contribution in [-0.4, -0.2) is 59.3 Å². The van der Waals surface area contributed by atoms with Gasteiger partial charge in [-0.25, -0.2) is 0 Å². The summed E-state index contributed by atoms with van der Waals surface area (Å²) >= 11 is 0. The highest BCUT2D eigenvalue weighted by molar-refractivity contribution is 5.78. The van der Waals surface area contributed by atoms with E-state index in [-0.39, 0.29) is 25.7 Å². The van der Waals surface area contributed by atoms with Crippen LogP contribution in [0.5, 0.6) is 0 Å². The molecule has 0 radical (unpaired) electrons. The van der Waals surface area contributed by atoms with E-state index >= 15 is 0 Å². The summed E-state index contributed by atoms with van der Waals surface area (Å²) in [5.74, 6) is -0.313. The predicted octanol–water partition coefficient (Wildman–Crippen LogP) is 1.63. The van der Waals surface area contributed by atoms with Gasteiger partial charge in [-0.2, -0.15) is 13.2 Å². The molecular formula is C14H19F3N2O3. The molecule has 1 N–H and O–H groups in total. The lowest BCUT2D eigenvalue weighted by molar-refractivity contribution is -0.163. The Hall–Kier alpha value is -1.54. The van der Waals surface area contributed by atoms with Crippen LogP contribution in [0.15, 0.2) is 22.8 Å². The highest BCUT2D eigenvalue weighted by atomic mass is 19.4. The van der Waals surface area contributed by atoms with Crippen molar-refractivity contribution in [1.29, 1.82) is 0 Å². The molecule has 2 rings (SSSR count). The summed E-state index contributed by atoms with van der Waals surface area (Å²) in [4.78, 5) is 14.7. The van der Waals surface area contributed by atoms with Crippen LogP contribution in [-0.2, 0) is 11.3 Å². The lowest BCUT2D eigenvalue weighted by Gasteiger charge is -2.28. The average molecular weight is 320 g/mol. The first-order valence-electron chi connectivity index (χ1n) is 7.11. The Morgan fingerprint density at radius 1 is 1.50 bits per heavy atom. The van der Waals surface area contributed by atoms with E-state index in [9.17, 15) is 23.1 Å². The number of carbonyl (C=O) groups is 1. The van der Waals surface area contributed by atoms with Crippen molar-refractivity contribution in [3.63, 3.8) is 0 Å². The number of hydrogen-bond acceptors (Lipinski definition) is 4. The molecule has 1 aliphatic rings. The van der Waals surface area contributed by atoms with Gasteiger partial charge in [-0.3, -0.25) is 9.69 Å². The van der Waals surface area contributed by atoms with Gasteiger partial charge in [0.25, 0.3) is 0 Å². The SMILES string of the molecule is O=C(CN1CCCC1CO)N(Cc1ccco1)CC(F)(F)F. The van der Waals surface area contributed by atoms with Gasteiger partial charge in [0.1, 0.15) is 12.3 Å². The largest absolute Gasteiger partial charge is 0.467 e. The Labute approximate surface area is 126 Å². The maximum atomic E-state index is 12.7. The molecule has 0 aliphatic carbocycles. The monoisotopic (exact) mass is 320 g/mol. The van der Waals surface area contributed by atoms with E-state index in [4.69, 9.17) is 4.42 Å². The fraction of sp³-hybridized carbons (Fsp3) is 0.643. The van der Waals surface area contributed by atoms with Crippen LogP contribution in [0, 0.1) is 0 Å². The van der Waals surface area contributed by atoms with E-state index in [1.807, 2.05) is 0 Å². The molecule has 0 bridgehead atoms. The molecule has 22 heavy (non-hydrogen) atoms. The van der Waals surface area contributed by atoms with Crippen LogP contribution >= 0.6 is 0 Å². The minimum Gasteiger partial charge on any atom is -0.467 e. The van der Waals surface area contributed by atoms with E-state index in [0.29, 0.717) is 12.3 Å². The third-order valence-electron chi connectivity index (χ3n) is 3.70. The van der Waals surface area contributed by atoms with E-state index < -0.39 is 18.6 Å². The van der Waals surface area contributed by atoms with Crippen molar-refractivity contribution in [2.75, 3.05) is 26.2 Å². The van der Waals surface area contributed by atoms with Crippen LogP contribution in [0.2, 0.25) is 0 Å². The van der Waals surface area contributed by atoms with Crippen molar-refractivity contribution in [1.82, 2.24) is 9.80 Å². The van der Waals surface area contributed by atoms with Gasteiger partial charge in [0.2, 0.25) is 5.91 Å². The number of rotatable bonds is 6. The molecule has 1 amide bonds. The molecule has 0 spiro atoms. The second kappa shape index (κ2) is 7.15. The third-order valence-corrected chi connectivity index (χ3v) is 3.70. The van der Waals surface area contributed by atoms with Gasteiger partial charge in [0.05, 0.1) is 26.0 Å². The maximum absolute atomic E-state index is 12.7. The van der Waals surface area contributed by atoms with E-state index in [2.05, 4.69) is 0 Å². The Morgan fingerprint density at radius 2 is 2.27 bits per heavy atom. The minimum absolute atomic E-state index is 0.0925. The van der Waals surface area contributed by atoms with Gasteiger partial charge < -0.3 is 14.4 Å². The number of alkyl halides is 3. The molecule has 5 nitrogen and oxygen atoms in total. The summed E-state index contributed by atoms with van der Waals surface area (Å²) in [5.41, 5.74) is 0. The second-order valence-electron chi connectivity index (χ2n) is 5.39. The van der Waals surface area contributed by atoms with Crippen molar-refractivity contribution in [3.05, 3.63) is 24.2 Å². The molecule has 1 aromatic heterocycles. The highest BCUT2D eigenvalue weighted by Crippen LogP contribution is 2.20. The van der Waals surface area contributed by atoms with Crippen LogP contribution in [0.3, 0.4) is 0 Å². The van der Waals surface area contributed by atoms with Crippen LogP contribution in [0.1, 0.15) is 18.6 Å². The number of aliphatic hydroxyl groups is 1. The van der Waals surface area contributed by atoms with Crippen molar-refractivity contribution < 1.29 is 27.5 Å². The fourth-order valence-corrected chi connectivity index (χ4v) is 2.62. The normalized spacial score (nSPS) is 19.5. The summed E-state index contributed by atoms with van der Waals surface area (Å²) in [6.45, 7) is -1.14. The molecule has 2 heterocycles. The topological polar surface area (TPSA) is 56.9 Å². The zero-order valence-corrected chi connectivity index (χ0v) is 12.1. The quantitative estimate of drug-likeness (QED) is 0.865. The van der Waals surface area contributed by atoms with E-state index in [0.717, 1.165) is 17.7 Å². The number of likely N-dealkylation sites (tertiary alicyclic amines) is 1. The van der Waals surface area contributed by atoms with Crippen molar-refractivity contribution >= 4 is 5.91 Å². The maximum Gasteiger partial charge on any atom is 0.406 e. The summed E-state index contributed by atoms with van der Waals surface area (Å²) in [5, 5.41) is 9.22. The average Bonchev–Trinajstić information content (AvgIpc) is 3.07. The van der Waals surface area contributed by atoms with Crippen molar-refractivity contribution in [2.24, 2.45) is 0 Å². The summed E-state index contributed by atoms with van der Waals surface area (Å²) < 4.78 is 43.0. The number of amides is 1. The molecule has 0 saturated carbocycles. The third kappa shape index (κ3) is 4.74. The summed E-state index contributed by atoms with van der Waals surface area (Å²) in [7, 11) is 0. The molecule has 1 unspecified atom stereocenters. The summed E-state index contributed by atoms with van der Waals surface area (Å²) in [6, 6.07) is 2.94. The van der Waals surface area contributed by atoms with E-state index in [1.165, 1.54) is 12.3 Å². The number of aliphatic hydroxyl groups excluding tert-OH is 1. The predicted molar refractivity (Wildman–Crippen MR) is 71.9 cm³/mol. The van der Waals surface area contributed by atoms with Gasteiger partial charge in [-0.05, 0) is 31.5 Å². The van der Waals surface area contributed by atoms with Crippen LogP contribution < -0.4 is 0 Å². The molecule has 1 fully saturated rings. The molecule has 0 aromatic carbocycles. The first kappa shape index (κ1) is 16.8. The summed E-state index contributed by atoms with van der Waals surface area (Å²) in [6.07, 6.45) is -1.53. The van der Waals surface area contributed by atoms with Crippen molar-refractivity contribution in [3.8, 4) is 0 Å². The molecule has 124 valence electrons. The van der Waals surface area contributed by atoms with Crippen LogP contribution in [0.4, 0.5) is 13.2 Å². The van der Waals surface area contributed by atoms with Crippen molar-refractivity contribution in [2.45, 2.75) is 31.6 Å². The first-order valence-corrected chi connectivity index (χ1v) is 7.11. The Bertz CT molecular complexity index is 476.